The highest BCUT2D eigenvalue weighted by atomic mass is 35.5. The molecule has 0 radical (unpaired) electrons. The molecule has 0 spiro atoms. The fourth-order valence-electron chi connectivity index (χ4n) is 2.06. The molecule has 0 aliphatic rings. The molecule has 0 bridgehead atoms. The number of aromatic nitrogens is 2. The second kappa shape index (κ2) is 5.03. The molecule has 2 aromatic heterocycles. The van der Waals surface area contributed by atoms with Crippen LogP contribution in [0, 0.1) is 0 Å². The van der Waals surface area contributed by atoms with Gasteiger partial charge in [0, 0.05) is 23.8 Å². The second-order valence-electron chi connectivity index (χ2n) is 4.48. The molecule has 1 unspecified atom stereocenters. The monoisotopic (exact) mass is 272 g/mol. The van der Waals surface area contributed by atoms with Gasteiger partial charge in [0.1, 0.15) is 11.8 Å². The minimum absolute atomic E-state index is 0.529. The van der Waals surface area contributed by atoms with E-state index in [2.05, 4.69) is 4.98 Å². The fraction of sp³-hybridized carbons (Fsp3) is 0.133. The molecule has 2 heterocycles. The minimum Gasteiger partial charge on any atom is -0.386 e. The number of nitrogens with zero attached hydrogens (tertiary/aromatic N) is 2. The van der Waals surface area contributed by atoms with Crippen molar-refractivity contribution in [2.45, 2.75) is 12.5 Å². The zero-order valence-corrected chi connectivity index (χ0v) is 11.0. The third-order valence-corrected chi connectivity index (χ3v) is 3.32. The van der Waals surface area contributed by atoms with E-state index < -0.39 is 6.10 Å². The summed E-state index contributed by atoms with van der Waals surface area (Å²) in [5, 5.41) is 10.9. The van der Waals surface area contributed by atoms with Crippen LogP contribution in [0.1, 0.15) is 17.4 Å². The highest BCUT2D eigenvalue weighted by Gasteiger charge is 2.12. The van der Waals surface area contributed by atoms with E-state index in [4.69, 9.17) is 11.6 Å². The quantitative estimate of drug-likeness (QED) is 0.795. The van der Waals surface area contributed by atoms with Gasteiger partial charge < -0.3 is 9.51 Å². The Labute approximate surface area is 116 Å². The molecular weight excluding hydrogens is 260 g/mol. The smallest absolute Gasteiger partial charge is 0.137 e. The lowest BCUT2D eigenvalue weighted by Gasteiger charge is -2.07. The molecular formula is C15H13ClN2O. The van der Waals surface area contributed by atoms with Gasteiger partial charge in [-0.25, -0.2) is 4.98 Å². The lowest BCUT2D eigenvalue weighted by molar-refractivity contribution is 0.174. The zero-order valence-electron chi connectivity index (χ0n) is 10.2. The number of halogens is 1. The van der Waals surface area contributed by atoms with Crippen LogP contribution in [0.15, 0.2) is 54.9 Å². The van der Waals surface area contributed by atoms with Gasteiger partial charge in [-0.05, 0) is 29.8 Å². The summed E-state index contributed by atoms with van der Waals surface area (Å²) in [6, 6.07) is 13.3. The van der Waals surface area contributed by atoms with Crippen LogP contribution in [-0.4, -0.2) is 14.5 Å². The van der Waals surface area contributed by atoms with E-state index in [0.717, 1.165) is 11.2 Å². The van der Waals surface area contributed by atoms with Crippen LogP contribution < -0.4 is 0 Å². The first-order valence-electron chi connectivity index (χ1n) is 6.08. The highest BCUT2D eigenvalue weighted by molar-refractivity contribution is 6.30. The van der Waals surface area contributed by atoms with Crippen molar-refractivity contribution in [1.82, 2.24) is 9.38 Å². The van der Waals surface area contributed by atoms with Gasteiger partial charge in [-0.15, -0.1) is 0 Å². The summed E-state index contributed by atoms with van der Waals surface area (Å²) in [5.41, 5.74) is 2.56. The molecule has 19 heavy (non-hydrogen) atoms. The van der Waals surface area contributed by atoms with Crippen molar-refractivity contribution in [3.63, 3.8) is 0 Å². The highest BCUT2D eigenvalue weighted by Crippen LogP contribution is 2.19. The van der Waals surface area contributed by atoms with Gasteiger partial charge in [0.2, 0.25) is 0 Å². The molecule has 1 atom stereocenters. The third-order valence-electron chi connectivity index (χ3n) is 3.07. The Kier molecular flexibility index (Phi) is 3.23. The van der Waals surface area contributed by atoms with Gasteiger partial charge in [0.15, 0.2) is 0 Å². The van der Waals surface area contributed by atoms with Crippen molar-refractivity contribution >= 4 is 17.2 Å². The maximum absolute atomic E-state index is 10.2. The zero-order chi connectivity index (χ0) is 13.2. The summed E-state index contributed by atoms with van der Waals surface area (Å²) >= 11 is 5.84. The fourth-order valence-corrected chi connectivity index (χ4v) is 2.19. The lowest BCUT2D eigenvalue weighted by Crippen LogP contribution is -2.01. The molecule has 0 fully saturated rings. The first kappa shape index (κ1) is 12.2. The van der Waals surface area contributed by atoms with Crippen LogP contribution in [0.2, 0.25) is 5.02 Å². The molecule has 3 rings (SSSR count). The number of imidazole rings is 1. The average molecular weight is 273 g/mol. The van der Waals surface area contributed by atoms with Crippen LogP contribution in [0.3, 0.4) is 0 Å². The van der Waals surface area contributed by atoms with Crippen molar-refractivity contribution in [2.24, 2.45) is 0 Å². The molecule has 0 amide bonds. The Morgan fingerprint density at radius 3 is 2.68 bits per heavy atom. The molecule has 1 N–H and O–H groups in total. The molecule has 0 aliphatic carbocycles. The van der Waals surface area contributed by atoms with Gasteiger partial charge in [0.05, 0.1) is 5.69 Å². The topological polar surface area (TPSA) is 37.5 Å². The number of hydrogen-bond donors (Lipinski definition) is 1. The normalized spacial score (nSPS) is 12.7. The molecule has 3 aromatic rings. The maximum Gasteiger partial charge on any atom is 0.137 e. The minimum atomic E-state index is -0.610. The summed E-state index contributed by atoms with van der Waals surface area (Å²) in [6.07, 6.45) is 3.69. The summed E-state index contributed by atoms with van der Waals surface area (Å²) in [4.78, 5) is 4.41. The number of fused-ring (bicyclic) bond motifs is 1. The molecule has 4 heteroatoms. The van der Waals surface area contributed by atoms with Gasteiger partial charge in [0.25, 0.3) is 0 Å². The summed E-state index contributed by atoms with van der Waals surface area (Å²) in [6.45, 7) is 0. The first-order chi connectivity index (χ1) is 9.22. The molecule has 1 aromatic carbocycles. The van der Waals surface area contributed by atoms with Crippen LogP contribution in [0.5, 0.6) is 0 Å². The molecule has 0 saturated carbocycles. The number of pyridine rings is 1. The molecule has 96 valence electrons. The third kappa shape index (κ3) is 2.62. The Morgan fingerprint density at radius 1 is 1.16 bits per heavy atom. The Balaban J connectivity index is 1.83. The van der Waals surface area contributed by atoms with Crippen molar-refractivity contribution in [3.8, 4) is 0 Å². The van der Waals surface area contributed by atoms with E-state index >= 15 is 0 Å². The predicted molar refractivity (Wildman–Crippen MR) is 75.3 cm³/mol. The number of rotatable bonds is 3. The summed E-state index contributed by atoms with van der Waals surface area (Å²) < 4.78 is 1.90. The standard InChI is InChI=1S/C15H13ClN2O/c16-12-6-4-11(5-7-12)9-14(19)13-10-18-8-2-1-3-15(18)17-13/h1-8,10,14,19H,9H2. The molecule has 0 saturated heterocycles. The van der Waals surface area contributed by atoms with Crippen molar-refractivity contribution < 1.29 is 5.11 Å². The lowest BCUT2D eigenvalue weighted by atomic mass is 10.1. The van der Waals surface area contributed by atoms with Crippen molar-refractivity contribution in [2.75, 3.05) is 0 Å². The van der Waals surface area contributed by atoms with E-state index in [-0.39, 0.29) is 0 Å². The Bertz CT molecular complexity index is 658. The van der Waals surface area contributed by atoms with Crippen LogP contribution in [0.4, 0.5) is 0 Å². The van der Waals surface area contributed by atoms with Crippen LogP contribution in [0.25, 0.3) is 5.65 Å². The predicted octanol–water partition coefficient (Wildman–Crippen LogP) is 3.26. The van der Waals surface area contributed by atoms with Crippen molar-refractivity contribution in [3.05, 3.63) is 71.1 Å². The number of aliphatic hydroxyl groups is 1. The van der Waals surface area contributed by atoms with E-state index in [0.29, 0.717) is 17.1 Å². The van der Waals surface area contributed by atoms with Crippen LogP contribution in [-0.2, 0) is 6.42 Å². The van der Waals surface area contributed by atoms with Gasteiger partial charge in [-0.2, -0.15) is 0 Å². The van der Waals surface area contributed by atoms with E-state index in [9.17, 15) is 5.11 Å². The van der Waals surface area contributed by atoms with Crippen molar-refractivity contribution in [1.29, 1.82) is 0 Å². The average Bonchev–Trinajstić information content (AvgIpc) is 2.85. The first-order valence-corrected chi connectivity index (χ1v) is 6.46. The maximum atomic E-state index is 10.2. The summed E-state index contributed by atoms with van der Waals surface area (Å²) in [7, 11) is 0. The van der Waals surface area contributed by atoms with Gasteiger partial charge in [-0.1, -0.05) is 29.8 Å². The molecule has 0 aliphatic heterocycles. The SMILES string of the molecule is OC(Cc1ccc(Cl)cc1)c1cn2ccccc2n1. The number of benzene rings is 1. The number of aliphatic hydroxyl groups excluding tert-OH is 1. The summed E-state index contributed by atoms with van der Waals surface area (Å²) in [5.74, 6) is 0. The Morgan fingerprint density at radius 2 is 1.95 bits per heavy atom. The van der Waals surface area contributed by atoms with Gasteiger partial charge in [-0.3, -0.25) is 0 Å². The largest absolute Gasteiger partial charge is 0.386 e. The van der Waals surface area contributed by atoms with E-state index in [1.54, 1.807) is 0 Å². The van der Waals surface area contributed by atoms with Gasteiger partial charge >= 0.3 is 0 Å². The molecule has 3 nitrogen and oxygen atoms in total. The Hall–Kier alpha value is -1.84. The second-order valence-corrected chi connectivity index (χ2v) is 4.91. The van der Waals surface area contributed by atoms with Crippen LogP contribution >= 0.6 is 11.6 Å². The number of hydrogen-bond acceptors (Lipinski definition) is 2. The van der Waals surface area contributed by atoms with E-state index in [1.807, 2.05) is 59.3 Å². The van der Waals surface area contributed by atoms with E-state index in [1.165, 1.54) is 0 Å².